The van der Waals surface area contributed by atoms with Gasteiger partial charge in [0, 0.05) is 17.3 Å². The van der Waals surface area contributed by atoms with E-state index in [1.807, 2.05) is 32.0 Å². The molecule has 0 atom stereocenters. The number of carbonyl (C=O) groups is 3. The number of rotatable bonds is 3. The van der Waals surface area contributed by atoms with Gasteiger partial charge in [-0.3, -0.25) is 29.1 Å². The minimum absolute atomic E-state index is 0.0313. The number of nitrogen functional groups attached to an aromatic ring is 1. The van der Waals surface area contributed by atoms with Gasteiger partial charge in [-0.2, -0.15) is 0 Å². The number of nitrogens with one attached hydrogen (secondary N) is 2. The van der Waals surface area contributed by atoms with E-state index in [4.69, 9.17) is 5.73 Å². The number of carbonyl (C=O) groups excluding carboxylic acids is 3. The van der Waals surface area contributed by atoms with Gasteiger partial charge in [0.1, 0.15) is 5.82 Å². The van der Waals surface area contributed by atoms with Gasteiger partial charge in [0.25, 0.3) is 23.3 Å². The van der Waals surface area contributed by atoms with Crippen molar-refractivity contribution in [2.24, 2.45) is 0 Å². The molecule has 0 saturated heterocycles. The molecule has 4 N–H and O–H groups in total. The largest absolute Gasteiger partial charge is 0.384 e. The number of pyridine rings is 1. The zero-order valence-corrected chi connectivity index (χ0v) is 16.3. The van der Waals surface area contributed by atoms with E-state index < -0.39 is 17.4 Å². The maximum absolute atomic E-state index is 12.6. The molecule has 2 aromatic carbocycles. The second-order valence-corrected chi connectivity index (χ2v) is 7.15. The molecular weight excluding hydrogens is 384 g/mol. The van der Waals surface area contributed by atoms with Gasteiger partial charge in [0.05, 0.1) is 16.8 Å². The van der Waals surface area contributed by atoms with Crippen LogP contribution in [0.15, 0.2) is 53.3 Å². The fourth-order valence-corrected chi connectivity index (χ4v) is 3.56. The number of anilines is 2. The van der Waals surface area contributed by atoms with Crippen molar-refractivity contribution in [1.82, 2.24) is 9.88 Å². The summed E-state index contributed by atoms with van der Waals surface area (Å²) in [6.07, 6.45) is 0. The number of amides is 3. The molecule has 0 bridgehead atoms. The van der Waals surface area contributed by atoms with Crippen LogP contribution in [0.3, 0.4) is 0 Å². The predicted molar refractivity (Wildman–Crippen MR) is 112 cm³/mol. The zero-order valence-electron chi connectivity index (χ0n) is 16.3. The van der Waals surface area contributed by atoms with Crippen molar-refractivity contribution < 1.29 is 14.4 Å². The molecule has 30 heavy (non-hydrogen) atoms. The van der Waals surface area contributed by atoms with Crippen LogP contribution in [0, 0.1) is 13.8 Å². The Labute approximate surface area is 171 Å². The molecule has 8 heteroatoms. The van der Waals surface area contributed by atoms with Crippen LogP contribution in [0.25, 0.3) is 5.69 Å². The van der Waals surface area contributed by atoms with E-state index in [9.17, 15) is 19.2 Å². The second kappa shape index (κ2) is 7.00. The van der Waals surface area contributed by atoms with E-state index in [0.717, 1.165) is 21.8 Å². The molecular formula is C22H18N4O4. The lowest BCUT2D eigenvalue weighted by Gasteiger charge is -2.12. The molecule has 4 rings (SSSR count). The van der Waals surface area contributed by atoms with Crippen LogP contribution in [0.5, 0.6) is 0 Å². The lowest BCUT2D eigenvalue weighted by Crippen LogP contribution is -2.24. The zero-order chi connectivity index (χ0) is 21.6. The molecule has 0 unspecified atom stereocenters. The van der Waals surface area contributed by atoms with Crippen LogP contribution < -0.4 is 21.9 Å². The fraction of sp³-hybridized carbons (Fsp3) is 0.0909. The summed E-state index contributed by atoms with van der Waals surface area (Å²) in [6.45, 7) is 3.90. The highest BCUT2D eigenvalue weighted by Gasteiger charge is 2.31. The van der Waals surface area contributed by atoms with Crippen molar-refractivity contribution in [3.63, 3.8) is 0 Å². The Morgan fingerprint density at radius 1 is 0.933 bits per heavy atom. The number of hydrogen-bond acceptors (Lipinski definition) is 5. The Morgan fingerprint density at radius 3 is 2.20 bits per heavy atom. The molecule has 1 aliphatic rings. The Kier molecular flexibility index (Phi) is 4.46. The lowest BCUT2D eigenvalue weighted by molar-refractivity contribution is 0.0879. The van der Waals surface area contributed by atoms with Gasteiger partial charge in [-0.15, -0.1) is 0 Å². The predicted octanol–water partition coefficient (Wildman–Crippen LogP) is 2.17. The first-order valence-electron chi connectivity index (χ1n) is 9.16. The molecule has 3 amide bonds. The van der Waals surface area contributed by atoms with E-state index in [1.165, 1.54) is 0 Å². The molecule has 0 aliphatic carbocycles. The van der Waals surface area contributed by atoms with E-state index in [-0.39, 0.29) is 22.9 Å². The van der Waals surface area contributed by atoms with Gasteiger partial charge < -0.3 is 11.1 Å². The van der Waals surface area contributed by atoms with E-state index in [2.05, 4.69) is 10.6 Å². The molecule has 0 spiro atoms. The van der Waals surface area contributed by atoms with Gasteiger partial charge >= 0.3 is 0 Å². The van der Waals surface area contributed by atoms with Crippen molar-refractivity contribution in [3.8, 4) is 5.69 Å². The van der Waals surface area contributed by atoms with Crippen LogP contribution in [0.1, 0.15) is 42.2 Å². The van der Waals surface area contributed by atoms with Gasteiger partial charge in [0.15, 0.2) is 0 Å². The third-order valence-electron chi connectivity index (χ3n) is 4.82. The van der Waals surface area contributed by atoms with Crippen LogP contribution in [-0.2, 0) is 0 Å². The van der Waals surface area contributed by atoms with Crippen LogP contribution >= 0.6 is 0 Å². The molecule has 150 valence electrons. The fourth-order valence-electron chi connectivity index (χ4n) is 3.56. The van der Waals surface area contributed by atoms with Gasteiger partial charge in [-0.1, -0.05) is 6.07 Å². The summed E-state index contributed by atoms with van der Waals surface area (Å²) in [5.41, 5.74) is 8.92. The minimum atomic E-state index is -0.649. The molecule has 0 radical (unpaired) electrons. The van der Waals surface area contributed by atoms with Crippen molar-refractivity contribution >= 4 is 29.2 Å². The van der Waals surface area contributed by atoms with E-state index in [0.29, 0.717) is 16.9 Å². The third-order valence-corrected chi connectivity index (χ3v) is 4.82. The quantitative estimate of drug-likeness (QED) is 0.580. The average Bonchev–Trinajstić information content (AvgIpc) is 2.95. The molecule has 3 aromatic rings. The van der Waals surface area contributed by atoms with Crippen LogP contribution in [-0.4, -0.2) is 22.3 Å². The summed E-state index contributed by atoms with van der Waals surface area (Å²) < 4.78 is 1.13. The van der Waals surface area contributed by atoms with Crippen molar-refractivity contribution in [3.05, 3.63) is 86.7 Å². The van der Waals surface area contributed by atoms with Crippen molar-refractivity contribution in [2.75, 3.05) is 11.1 Å². The van der Waals surface area contributed by atoms with E-state index >= 15 is 0 Å². The van der Waals surface area contributed by atoms with Crippen molar-refractivity contribution in [1.29, 1.82) is 0 Å². The molecule has 1 aromatic heterocycles. The first kappa shape index (κ1) is 19.1. The first-order valence-corrected chi connectivity index (χ1v) is 9.16. The number of aromatic nitrogens is 1. The number of aryl methyl sites for hydroxylation is 2. The molecule has 8 nitrogen and oxygen atoms in total. The highest BCUT2D eigenvalue weighted by molar-refractivity contribution is 6.23. The number of nitrogens with two attached hydrogens (primary N) is 1. The monoisotopic (exact) mass is 402 g/mol. The Balaban J connectivity index is 1.65. The lowest BCUT2D eigenvalue weighted by atomic mass is 10.1. The van der Waals surface area contributed by atoms with Crippen LogP contribution in [0.2, 0.25) is 0 Å². The average molecular weight is 402 g/mol. The number of benzene rings is 2. The first-order chi connectivity index (χ1) is 14.2. The van der Waals surface area contributed by atoms with Gasteiger partial charge in [-0.25, -0.2) is 0 Å². The molecule has 0 saturated carbocycles. The molecule has 2 heterocycles. The topological polar surface area (TPSA) is 123 Å². The molecule has 0 fully saturated rings. The molecule has 1 aliphatic heterocycles. The summed E-state index contributed by atoms with van der Waals surface area (Å²) in [7, 11) is 0. The van der Waals surface area contributed by atoms with Gasteiger partial charge in [-0.05, 0) is 61.4 Å². The number of nitrogens with zero attached hydrogens (tertiary/aromatic N) is 1. The summed E-state index contributed by atoms with van der Waals surface area (Å²) >= 11 is 0. The van der Waals surface area contributed by atoms with Gasteiger partial charge in [0.2, 0.25) is 0 Å². The second-order valence-electron chi connectivity index (χ2n) is 7.15. The number of imide groups is 1. The summed E-state index contributed by atoms with van der Waals surface area (Å²) in [5.74, 6) is -1.73. The normalized spacial score (nSPS) is 12.5. The highest BCUT2D eigenvalue weighted by Crippen LogP contribution is 2.23. The smallest absolute Gasteiger partial charge is 0.262 e. The number of hydrogen-bond donors (Lipinski definition) is 3. The summed E-state index contributed by atoms with van der Waals surface area (Å²) in [5, 5.41) is 4.96. The Hall–Kier alpha value is -4.20. The highest BCUT2D eigenvalue weighted by atomic mass is 16.2. The third kappa shape index (κ3) is 3.24. The SMILES string of the molecule is Cc1cc(C)cc(NC(=O)c2ccc(-n3c(N)c4c(cc3=O)C(=O)NC4=O)cc2)c1. The minimum Gasteiger partial charge on any atom is -0.384 e. The maximum Gasteiger partial charge on any atom is 0.262 e. The van der Waals surface area contributed by atoms with Crippen LogP contribution in [0.4, 0.5) is 11.5 Å². The Bertz CT molecular complexity index is 1270. The maximum atomic E-state index is 12.6. The van der Waals surface area contributed by atoms with E-state index in [1.54, 1.807) is 24.3 Å². The van der Waals surface area contributed by atoms with Crippen molar-refractivity contribution in [2.45, 2.75) is 13.8 Å². The summed E-state index contributed by atoms with van der Waals surface area (Å²) in [6, 6.07) is 13.0. The standard InChI is InChI=1S/C22H18N4O4/c1-11-7-12(2)9-14(8-11)24-20(28)13-3-5-15(6-4-13)26-17(27)10-16-18(19(26)23)22(30)25-21(16)29/h3-10H,23H2,1-2H3,(H,24,28)(H,25,29,30). The Morgan fingerprint density at radius 2 is 1.57 bits per heavy atom. The number of fused-ring (bicyclic) bond motifs is 1. The summed E-state index contributed by atoms with van der Waals surface area (Å²) in [4.78, 5) is 48.8.